The molecule has 0 aliphatic carbocycles. The molecule has 11 heteroatoms. The van der Waals surface area contributed by atoms with Crippen molar-refractivity contribution in [3.8, 4) is 0 Å². The minimum atomic E-state index is -0.491. The fraction of sp³-hybridized carbons (Fsp3) is 0.467. The van der Waals surface area contributed by atoms with Crippen LogP contribution in [0.15, 0.2) is 11.1 Å². The first-order valence-corrected chi connectivity index (χ1v) is 7.75. The monoisotopic (exact) mass is 365 g/mol. The summed E-state index contributed by atoms with van der Waals surface area (Å²) in [5.74, 6) is -1.69. The maximum Gasteiger partial charge on any atom is 0.302 e. The van der Waals surface area contributed by atoms with Gasteiger partial charge >= 0.3 is 11.9 Å². The summed E-state index contributed by atoms with van der Waals surface area (Å²) in [4.78, 5) is 56.0. The Kier molecular flexibility index (Phi) is 6.04. The van der Waals surface area contributed by atoms with Crippen molar-refractivity contribution in [3.05, 3.63) is 16.7 Å². The first kappa shape index (κ1) is 19.1. The van der Waals surface area contributed by atoms with Gasteiger partial charge in [-0.05, 0) is 0 Å². The maximum absolute atomic E-state index is 12.3. The van der Waals surface area contributed by atoms with E-state index in [0.29, 0.717) is 0 Å². The number of H-pyrrole nitrogens is 1. The fourth-order valence-electron chi connectivity index (χ4n) is 2.25. The molecule has 0 radical (unpaired) electrons. The van der Waals surface area contributed by atoms with Crippen LogP contribution in [0, 0.1) is 5.92 Å². The van der Waals surface area contributed by atoms with E-state index >= 15 is 0 Å². The van der Waals surface area contributed by atoms with Crippen molar-refractivity contribution in [2.45, 2.75) is 27.3 Å². The molecule has 0 unspecified atom stereocenters. The number of imidazole rings is 1. The number of amides is 1. The number of hydrogen-bond donors (Lipinski definition) is 2. The van der Waals surface area contributed by atoms with Gasteiger partial charge in [-0.25, -0.2) is 4.98 Å². The second-order valence-corrected chi connectivity index (χ2v) is 5.64. The average molecular weight is 365 g/mol. The summed E-state index contributed by atoms with van der Waals surface area (Å²) in [6, 6.07) is 0. The largest absolute Gasteiger partial charge is 0.465 e. The van der Waals surface area contributed by atoms with Crippen molar-refractivity contribution in [1.82, 2.24) is 19.5 Å². The Bertz CT molecular complexity index is 868. The summed E-state index contributed by atoms with van der Waals surface area (Å²) in [5, 5.41) is 2.38. The molecule has 0 bridgehead atoms. The Morgan fingerprint density at radius 3 is 2.35 bits per heavy atom. The quantitative estimate of drug-likeness (QED) is 0.643. The summed E-state index contributed by atoms with van der Waals surface area (Å²) in [6.45, 7) is 4.06. The van der Waals surface area contributed by atoms with Crippen molar-refractivity contribution in [2.75, 3.05) is 18.5 Å². The molecule has 26 heavy (non-hydrogen) atoms. The molecule has 0 atom stereocenters. The number of nitrogens with zero attached hydrogens (tertiary/aromatic N) is 3. The normalized spacial score (nSPS) is 10.8. The van der Waals surface area contributed by atoms with E-state index < -0.39 is 17.5 Å². The van der Waals surface area contributed by atoms with Gasteiger partial charge in [0.2, 0.25) is 11.9 Å². The highest BCUT2D eigenvalue weighted by Crippen LogP contribution is 2.12. The Balaban J connectivity index is 2.25. The van der Waals surface area contributed by atoms with Crippen LogP contribution in [0.5, 0.6) is 0 Å². The molecule has 2 N–H and O–H groups in total. The highest BCUT2D eigenvalue weighted by molar-refractivity contribution is 5.87. The number of hydrogen-bond acceptors (Lipinski definition) is 8. The average Bonchev–Trinajstić information content (AvgIpc) is 2.92. The molecule has 0 saturated heterocycles. The fourth-order valence-corrected chi connectivity index (χ4v) is 2.25. The molecule has 0 aromatic carbocycles. The number of carbonyl (C=O) groups excluding carboxylic acids is 3. The Morgan fingerprint density at radius 2 is 1.81 bits per heavy atom. The Morgan fingerprint density at radius 1 is 1.19 bits per heavy atom. The summed E-state index contributed by atoms with van der Waals surface area (Å²) in [5.41, 5.74) is -0.152. The summed E-state index contributed by atoms with van der Waals surface area (Å²) in [7, 11) is 0. The van der Waals surface area contributed by atoms with Crippen LogP contribution in [0.25, 0.3) is 11.2 Å². The maximum atomic E-state index is 12.3. The van der Waals surface area contributed by atoms with E-state index in [1.54, 1.807) is 0 Å². The molecule has 0 aliphatic rings. The van der Waals surface area contributed by atoms with Gasteiger partial charge in [-0.3, -0.25) is 29.5 Å². The first-order chi connectivity index (χ1) is 12.3. The number of anilines is 1. The van der Waals surface area contributed by atoms with Crippen molar-refractivity contribution in [3.63, 3.8) is 0 Å². The predicted octanol–water partition coefficient (Wildman–Crippen LogP) is -0.180. The number of fused-ring (bicyclic) bond motifs is 1. The van der Waals surface area contributed by atoms with Crippen LogP contribution < -0.4 is 10.9 Å². The number of rotatable bonds is 7. The van der Waals surface area contributed by atoms with Crippen LogP contribution >= 0.6 is 0 Å². The molecule has 2 heterocycles. The van der Waals surface area contributed by atoms with Gasteiger partial charge in [0, 0.05) is 33.2 Å². The van der Waals surface area contributed by atoms with Gasteiger partial charge in [0.25, 0.3) is 5.56 Å². The standard InChI is InChI=1S/C15H19N5O6/c1-8(21)17-15-18-13-12(14(24)19-15)20(7-16-13)4-11(5-25-9(2)22)6-26-10(3)23/h7,11H,4-6H2,1-3H3,(H2,17,18,19,21,24). The Labute approximate surface area is 147 Å². The van der Waals surface area contributed by atoms with Gasteiger partial charge in [0.05, 0.1) is 19.5 Å². The third-order valence-corrected chi connectivity index (χ3v) is 3.28. The van der Waals surface area contributed by atoms with E-state index in [1.165, 1.54) is 31.7 Å². The van der Waals surface area contributed by atoms with Crippen LogP contribution in [0.4, 0.5) is 5.95 Å². The van der Waals surface area contributed by atoms with Gasteiger partial charge in [-0.15, -0.1) is 0 Å². The number of aromatic nitrogens is 4. The lowest BCUT2D eigenvalue weighted by Crippen LogP contribution is -2.25. The summed E-state index contributed by atoms with van der Waals surface area (Å²) >= 11 is 0. The second-order valence-electron chi connectivity index (χ2n) is 5.64. The SMILES string of the molecule is CC(=O)Nc1nc2ncn(CC(COC(C)=O)COC(C)=O)c2c(=O)[nH]1. The summed E-state index contributed by atoms with van der Waals surface area (Å²) < 4.78 is 11.5. The minimum Gasteiger partial charge on any atom is -0.465 e. The highest BCUT2D eigenvalue weighted by atomic mass is 16.5. The van der Waals surface area contributed by atoms with Gasteiger partial charge in [-0.2, -0.15) is 4.98 Å². The van der Waals surface area contributed by atoms with E-state index in [-0.39, 0.29) is 48.7 Å². The van der Waals surface area contributed by atoms with Crippen molar-refractivity contribution in [1.29, 1.82) is 0 Å². The molecule has 11 nitrogen and oxygen atoms in total. The minimum absolute atomic E-state index is 0.00312. The van der Waals surface area contributed by atoms with Gasteiger partial charge in [0.1, 0.15) is 0 Å². The van der Waals surface area contributed by atoms with E-state index in [9.17, 15) is 19.2 Å². The number of nitrogens with one attached hydrogen (secondary N) is 2. The van der Waals surface area contributed by atoms with Crippen LogP contribution in [-0.2, 0) is 30.4 Å². The van der Waals surface area contributed by atoms with Gasteiger partial charge in [-0.1, -0.05) is 0 Å². The zero-order valence-corrected chi connectivity index (χ0v) is 14.6. The lowest BCUT2D eigenvalue weighted by Gasteiger charge is -2.17. The third kappa shape index (κ3) is 5.13. The molecule has 140 valence electrons. The molecule has 0 aliphatic heterocycles. The third-order valence-electron chi connectivity index (χ3n) is 3.28. The number of carbonyl (C=O) groups is 3. The predicted molar refractivity (Wildman–Crippen MR) is 89.2 cm³/mol. The van der Waals surface area contributed by atoms with E-state index in [0.717, 1.165) is 0 Å². The summed E-state index contributed by atoms with van der Waals surface area (Å²) in [6.07, 6.45) is 1.40. The van der Waals surface area contributed by atoms with Crippen molar-refractivity contribution in [2.24, 2.45) is 5.92 Å². The highest BCUT2D eigenvalue weighted by Gasteiger charge is 2.18. The molecule has 0 fully saturated rings. The van der Waals surface area contributed by atoms with E-state index in [1.807, 2.05) is 0 Å². The van der Waals surface area contributed by atoms with Crippen LogP contribution in [-0.4, -0.2) is 50.6 Å². The molecular weight excluding hydrogens is 346 g/mol. The van der Waals surface area contributed by atoms with E-state index in [2.05, 4.69) is 20.3 Å². The molecule has 2 aromatic rings. The number of esters is 2. The van der Waals surface area contributed by atoms with E-state index in [4.69, 9.17) is 9.47 Å². The molecular formula is C15H19N5O6. The van der Waals surface area contributed by atoms with Crippen LogP contribution in [0.2, 0.25) is 0 Å². The molecule has 0 spiro atoms. The zero-order valence-electron chi connectivity index (χ0n) is 14.6. The van der Waals surface area contributed by atoms with Crippen molar-refractivity contribution < 1.29 is 23.9 Å². The van der Waals surface area contributed by atoms with Crippen LogP contribution in [0.1, 0.15) is 20.8 Å². The van der Waals surface area contributed by atoms with Crippen LogP contribution in [0.3, 0.4) is 0 Å². The van der Waals surface area contributed by atoms with Crippen molar-refractivity contribution >= 4 is 35.0 Å². The zero-order chi connectivity index (χ0) is 19.3. The number of aromatic amines is 1. The second kappa shape index (κ2) is 8.23. The molecule has 2 aromatic heterocycles. The van der Waals surface area contributed by atoms with Gasteiger partial charge < -0.3 is 14.0 Å². The number of ether oxygens (including phenoxy) is 2. The lowest BCUT2D eigenvalue weighted by atomic mass is 10.1. The first-order valence-electron chi connectivity index (χ1n) is 7.75. The molecule has 1 amide bonds. The smallest absolute Gasteiger partial charge is 0.302 e. The molecule has 2 rings (SSSR count). The Hall–Kier alpha value is -3.24. The van der Waals surface area contributed by atoms with Gasteiger partial charge in [0.15, 0.2) is 11.2 Å². The topological polar surface area (TPSA) is 145 Å². The lowest BCUT2D eigenvalue weighted by molar-refractivity contribution is -0.146. The molecule has 0 saturated carbocycles.